The number of rotatable bonds is 3. The molecule has 17 heavy (non-hydrogen) atoms. The molecule has 1 aliphatic heterocycles. The fourth-order valence-corrected chi connectivity index (χ4v) is 1.95. The van der Waals surface area contributed by atoms with Crippen LogP contribution in [0.15, 0.2) is 0 Å². The van der Waals surface area contributed by atoms with Crippen molar-refractivity contribution in [2.24, 2.45) is 11.7 Å². The summed E-state index contributed by atoms with van der Waals surface area (Å²) >= 11 is 0. The minimum atomic E-state index is -0.342. The third kappa shape index (κ3) is 4.45. The van der Waals surface area contributed by atoms with Crippen LogP contribution in [0.2, 0.25) is 0 Å². The molecule has 1 amide bonds. The van der Waals surface area contributed by atoms with Gasteiger partial charge in [0.15, 0.2) is 0 Å². The van der Waals surface area contributed by atoms with Gasteiger partial charge in [0.25, 0.3) is 0 Å². The van der Waals surface area contributed by atoms with Gasteiger partial charge in [-0.1, -0.05) is 13.8 Å². The number of amides is 1. The van der Waals surface area contributed by atoms with Gasteiger partial charge in [0.05, 0.1) is 6.04 Å². The van der Waals surface area contributed by atoms with Crippen LogP contribution in [-0.2, 0) is 4.79 Å². The summed E-state index contributed by atoms with van der Waals surface area (Å²) < 4.78 is 0. The zero-order chi connectivity index (χ0) is 12.3. The number of hydrogen-bond donors (Lipinski definition) is 1. The molecular weight excluding hydrogens is 238 g/mol. The lowest BCUT2D eigenvalue weighted by Gasteiger charge is -2.38. The number of piperazine rings is 1. The Bertz CT molecular complexity index is 238. The van der Waals surface area contributed by atoms with E-state index in [1.807, 2.05) is 18.7 Å². The largest absolute Gasteiger partial charge is 0.339 e. The molecular formula is C12H26ClN3O. The third-order valence-corrected chi connectivity index (χ3v) is 3.36. The molecule has 0 bridgehead atoms. The lowest BCUT2D eigenvalue weighted by molar-refractivity contribution is -0.135. The van der Waals surface area contributed by atoms with Gasteiger partial charge in [-0.2, -0.15) is 0 Å². The average molecular weight is 264 g/mol. The summed E-state index contributed by atoms with van der Waals surface area (Å²) in [6.07, 6.45) is 0. The van der Waals surface area contributed by atoms with Gasteiger partial charge in [0.2, 0.25) is 5.91 Å². The highest BCUT2D eigenvalue weighted by Gasteiger charge is 2.27. The van der Waals surface area contributed by atoms with Crippen LogP contribution < -0.4 is 5.73 Å². The lowest BCUT2D eigenvalue weighted by Crippen LogP contribution is -2.55. The van der Waals surface area contributed by atoms with E-state index in [2.05, 4.69) is 18.7 Å². The first-order valence-corrected chi connectivity index (χ1v) is 6.22. The highest BCUT2D eigenvalue weighted by molar-refractivity contribution is 5.85. The first kappa shape index (κ1) is 16.7. The molecule has 1 saturated heterocycles. The van der Waals surface area contributed by atoms with Crippen LogP contribution in [0.25, 0.3) is 0 Å². The van der Waals surface area contributed by atoms with Gasteiger partial charge < -0.3 is 10.6 Å². The molecule has 5 heteroatoms. The minimum Gasteiger partial charge on any atom is -0.339 e. The molecule has 0 saturated carbocycles. The summed E-state index contributed by atoms with van der Waals surface area (Å²) in [7, 11) is 0. The smallest absolute Gasteiger partial charge is 0.239 e. The molecule has 1 rings (SSSR count). The lowest BCUT2D eigenvalue weighted by atomic mass is 10.0. The molecule has 1 aliphatic rings. The van der Waals surface area contributed by atoms with Crippen molar-refractivity contribution < 1.29 is 4.79 Å². The van der Waals surface area contributed by atoms with E-state index in [0.717, 1.165) is 26.2 Å². The predicted octanol–water partition coefficient (Wildman–Crippen LogP) is 0.944. The molecule has 1 fully saturated rings. The average Bonchev–Trinajstić information content (AvgIpc) is 2.27. The molecule has 1 atom stereocenters. The molecule has 0 aromatic rings. The standard InChI is InChI=1S/C12H25N3O.ClH/c1-9(2)11(13)12(16)15-7-5-14(6-8-15)10(3)4;/h9-11H,5-8,13H2,1-4H3;1H/t11-;/m0./s1. The number of nitrogens with zero attached hydrogens (tertiary/aromatic N) is 2. The number of hydrogen-bond acceptors (Lipinski definition) is 3. The highest BCUT2D eigenvalue weighted by atomic mass is 35.5. The number of halogens is 1. The van der Waals surface area contributed by atoms with E-state index in [4.69, 9.17) is 5.73 Å². The predicted molar refractivity (Wildman–Crippen MR) is 73.4 cm³/mol. The second kappa shape index (κ2) is 7.19. The van der Waals surface area contributed by atoms with Crippen molar-refractivity contribution in [3.05, 3.63) is 0 Å². The molecule has 1 heterocycles. The topological polar surface area (TPSA) is 49.6 Å². The zero-order valence-electron chi connectivity index (χ0n) is 11.3. The quantitative estimate of drug-likeness (QED) is 0.825. The van der Waals surface area contributed by atoms with Crippen molar-refractivity contribution in [3.63, 3.8) is 0 Å². The van der Waals surface area contributed by atoms with Gasteiger partial charge >= 0.3 is 0 Å². The van der Waals surface area contributed by atoms with Crippen LogP contribution in [0.1, 0.15) is 27.7 Å². The minimum absolute atomic E-state index is 0. The molecule has 2 N–H and O–H groups in total. The fourth-order valence-electron chi connectivity index (χ4n) is 1.95. The Morgan fingerprint density at radius 1 is 1.06 bits per heavy atom. The number of nitrogens with two attached hydrogens (primary N) is 1. The maximum atomic E-state index is 12.0. The summed E-state index contributed by atoms with van der Waals surface area (Å²) in [5.74, 6) is 0.328. The third-order valence-electron chi connectivity index (χ3n) is 3.36. The highest BCUT2D eigenvalue weighted by Crippen LogP contribution is 2.09. The van der Waals surface area contributed by atoms with Gasteiger partial charge in [0, 0.05) is 32.2 Å². The van der Waals surface area contributed by atoms with Crippen LogP contribution in [0, 0.1) is 5.92 Å². The van der Waals surface area contributed by atoms with Gasteiger partial charge in [0.1, 0.15) is 0 Å². The Kier molecular flexibility index (Phi) is 7.05. The van der Waals surface area contributed by atoms with E-state index in [1.54, 1.807) is 0 Å². The molecule has 0 aromatic heterocycles. The zero-order valence-corrected chi connectivity index (χ0v) is 12.2. The van der Waals surface area contributed by atoms with Crippen LogP contribution in [0.5, 0.6) is 0 Å². The molecule has 0 unspecified atom stereocenters. The van der Waals surface area contributed by atoms with Crippen molar-refractivity contribution in [3.8, 4) is 0 Å². The fraction of sp³-hybridized carbons (Fsp3) is 0.917. The van der Waals surface area contributed by atoms with E-state index in [1.165, 1.54) is 0 Å². The Labute approximate surface area is 111 Å². The summed E-state index contributed by atoms with van der Waals surface area (Å²) in [4.78, 5) is 16.3. The molecule has 0 radical (unpaired) electrons. The Morgan fingerprint density at radius 3 is 1.88 bits per heavy atom. The normalized spacial score (nSPS) is 19.4. The van der Waals surface area contributed by atoms with Crippen LogP contribution in [-0.4, -0.2) is 54.0 Å². The van der Waals surface area contributed by atoms with Crippen molar-refractivity contribution >= 4 is 18.3 Å². The maximum Gasteiger partial charge on any atom is 0.239 e. The van der Waals surface area contributed by atoms with Crippen molar-refractivity contribution in [2.45, 2.75) is 39.8 Å². The van der Waals surface area contributed by atoms with Crippen molar-refractivity contribution in [2.75, 3.05) is 26.2 Å². The Balaban J connectivity index is 0.00000256. The first-order valence-electron chi connectivity index (χ1n) is 6.22. The summed E-state index contributed by atoms with van der Waals surface area (Å²) in [5, 5.41) is 0. The molecule has 4 nitrogen and oxygen atoms in total. The summed E-state index contributed by atoms with van der Waals surface area (Å²) in [5.41, 5.74) is 5.88. The Hall–Kier alpha value is -0.320. The van der Waals surface area contributed by atoms with Crippen LogP contribution in [0.3, 0.4) is 0 Å². The van der Waals surface area contributed by atoms with E-state index < -0.39 is 0 Å². The van der Waals surface area contributed by atoms with E-state index >= 15 is 0 Å². The van der Waals surface area contributed by atoms with Gasteiger partial charge in [-0.05, 0) is 19.8 Å². The van der Waals surface area contributed by atoms with Crippen LogP contribution >= 0.6 is 12.4 Å². The molecule has 0 aromatic carbocycles. The van der Waals surface area contributed by atoms with Gasteiger partial charge in [-0.15, -0.1) is 12.4 Å². The second-order valence-electron chi connectivity index (χ2n) is 5.22. The first-order chi connectivity index (χ1) is 7.43. The van der Waals surface area contributed by atoms with Crippen molar-refractivity contribution in [1.29, 1.82) is 0 Å². The van der Waals surface area contributed by atoms with E-state index in [0.29, 0.717) is 6.04 Å². The Morgan fingerprint density at radius 2 is 1.53 bits per heavy atom. The van der Waals surface area contributed by atoms with Gasteiger partial charge in [-0.3, -0.25) is 9.69 Å². The van der Waals surface area contributed by atoms with E-state index in [-0.39, 0.29) is 30.3 Å². The summed E-state index contributed by atoms with van der Waals surface area (Å²) in [6.45, 7) is 11.9. The SMILES string of the molecule is CC(C)[C@H](N)C(=O)N1CCN(C(C)C)CC1.Cl. The monoisotopic (exact) mass is 263 g/mol. The second-order valence-corrected chi connectivity index (χ2v) is 5.22. The summed E-state index contributed by atoms with van der Waals surface area (Å²) in [6, 6.07) is 0.224. The molecule has 0 aliphatic carbocycles. The molecule has 102 valence electrons. The van der Waals surface area contributed by atoms with Crippen molar-refractivity contribution in [1.82, 2.24) is 9.80 Å². The van der Waals surface area contributed by atoms with E-state index in [9.17, 15) is 4.79 Å². The number of carbonyl (C=O) groups is 1. The van der Waals surface area contributed by atoms with Gasteiger partial charge in [-0.25, -0.2) is 0 Å². The maximum absolute atomic E-state index is 12.0. The van der Waals surface area contributed by atoms with Crippen LogP contribution in [0.4, 0.5) is 0 Å². The number of carbonyl (C=O) groups excluding carboxylic acids is 1. The molecule has 0 spiro atoms.